The van der Waals surface area contributed by atoms with Crippen LogP contribution < -0.4 is 0 Å². The van der Waals surface area contributed by atoms with Gasteiger partial charge in [0, 0.05) is 22.3 Å². The highest BCUT2D eigenvalue weighted by molar-refractivity contribution is 6.20. The van der Waals surface area contributed by atoms with Crippen LogP contribution in [0.2, 0.25) is 0 Å². The van der Waals surface area contributed by atoms with Crippen molar-refractivity contribution in [3.8, 4) is 0 Å². The molecule has 0 fully saturated rings. The van der Waals surface area contributed by atoms with Gasteiger partial charge in [-0.2, -0.15) is 0 Å². The van der Waals surface area contributed by atoms with Crippen LogP contribution in [0.1, 0.15) is 90.2 Å². The monoisotopic (exact) mass is 564 g/mol. The summed E-state index contributed by atoms with van der Waals surface area (Å²) in [5.74, 6) is -0.772. The summed E-state index contributed by atoms with van der Waals surface area (Å²) in [6, 6.07) is 7.49. The fourth-order valence-corrected chi connectivity index (χ4v) is 6.11. The molecule has 0 saturated heterocycles. The van der Waals surface area contributed by atoms with Gasteiger partial charge in [-0.15, -0.1) is 0 Å². The maximum Gasteiger partial charge on any atom is 0.257 e. The van der Waals surface area contributed by atoms with Crippen molar-refractivity contribution < 1.29 is 19.2 Å². The highest BCUT2D eigenvalue weighted by Gasteiger charge is 2.40. The Morgan fingerprint density at radius 2 is 0.952 bits per heavy atom. The van der Waals surface area contributed by atoms with E-state index in [9.17, 15) is 19.2 Å². The third-order valence-corrected chi connectivity index (χ3v) is 8.48. The molecule has 5 rings (SSSR count). The summed E-state index contributed by atoms with van der Waals surface area (Å²) in [5.41, 5.74) is 9.20. The van der Waals surface area contributed by atoms with Gasteiger partial charge < -0.3 is 0 Å². The third kappa shape index (κ3) is 6.23. The lowest BCUT2D eigenvalue weighted by molar-refractivity contribution is -0.139. The highest BCUT2D eigenvalue weighted by atomic mass is 16.2. The topological polar surface area (TPSA) is 74.8 Å². The molecule has 4 amide bonds. The SMILES string of the molecule is CC(C)=CCCC1=CCC2=C(C1)C(=O)N(Cc1ccc(CN3C(=O)C4=C(CC(CCC=C(C)C)=CC4)C3=O)cc1)C2=O. The number of hydrogen-bond donors (Lipinski definition) is 0. The van der Waals surface area contributed by atoms with E-state index in [-0.39, 0.29) is 36.7 Å². The molecule has 2 aliphatic heterocycles. The second-order valence-electron chi connectivity index (χ2n) is 12.3. The van der Waals surface area contributed by atoms with Crippen molar-refractivity contribution in [1.82, 2.24) is 9.80 Å². The van der Waals surface area contributed by atoms with Crippen molar-refractivity contribution in [2.45, 2.75) is 92.2 Å². The summed E-state index contributed by atoms with van der Waals surface area (Å²) in [6.07, 6.45) is 14.4. The maximum absolute atomic E-state index is 13.2. The van der Waals surface area contributed by atoms with Crippen LogP contribution in [-0.4, -0.2) is 33.4 Å². The minimum Gasteiger partial charge on any atom is -0.270 e. The fourth-order valence-electron chi connectivity index (χ4n) is 6.11. The summed E-state index contributed by atoms with van der Waals surface area (Å²) in [7, 11) is 0. The second-order valence-corrected chi connectivity index (χ2v) is 12.3. The van der Waals surface area contributed by atoms with Crippen LogP contribution in [0.15, 0.2) is 93.2 Å². The molecule has 1 aromatic carbocycles. The number of carbonyl (C=O) groups is 4. The van der Waals surface area contributed by atoms with Gasteiger partial charge in [0.1, 0.15) is 0 Å². The first-order chi connectivity index (χ1) is 20.1. The lowest BCUT2D eigenvalue weighted by atomic mass is 9.90. The molecule has 218 valence electrons. The van der Waals surface area contributed by atoms with Gasteiger partial charge in [-0.1, -0.05) is 70.9 Å². The van der Waals surface area contributed by atoms with Gasteiger partial charge in [0.25, 0.3) is 23.6 Å². The number of carbonyl (C=O) groups excluding carboxylic acids is 4. The molecule has 4 aliphatic rings. The van der Waals surface area contributed by atoms with Crippen LogP contribution in [0.4, 0.5) is 0 Å². The average Bonchev–Trinajstić information content (AvgIpc) is 3.33. The predicted octanol–water partition coefficient (Wildman–Crippen LogP) is 6.95. The van der Waals surface area contributed by atoms with Crippen LogP contribution in [0, 0.1) is 0 Å². The van der Waals surface area contributed by atoms with Crippen molar-refractivity contribution in [2.75, 3.05) is 0 Å². The third-order valence-electron chi connectivity index (χ3n) is 8.48. The Balaban J connectivity index is 1.16. The number of nitrogens with zero attached hydrogens (tertiary/aromatic N) is 2. The van der Waals surface area contributed by atoms with Crippen LogP contribution in [0.25, 0.3) is 0 Å². The molecular formula is C36H40N2O4. The van der Waals surface area contributed by atoms with E-state index in [1.165, 1.54) is 32.1 Å². The Morgan fingerprint density at radius 3 is 1.31 bits per heavy atom. The molecule has 6 nitrogen and oxygen atoms in total. The predicted molar refractivity (Wildman–Crippen MR) is 164 cm³/mol. The Hall–Kier alpha value is -4.06. The van der Waals surface area contributed by atoms with Crippen molar-refractivity contribution in [3.05, 3.63) is 104 Å². The Labute approximate surface area is 248 Å². The Bertz CT molecular complexity index is 1400. The lowest BCUT2D eigenvalue weighted by Gasteiger charge is -2.17. The number of amides is 4. The number of hydrogen-bond acceptors (Lipinski definition) is 4. The van der Waals surface area contributed by atoms with E-state index in [4.69, 9.17) is 0 Å². The summed E-state index contributed by atoms with van der Waals surface area (Å²) < 4.78 is 0. The van der Waals surface area contributed by atoms with Crippen molar-refractivity contribution in [3.63, 3.8) is 0 Å². The molecule has 0 aromatic heterocycles. The maximum atomic E-state index is 13.2. The van der Waals surface area contributed by atoms with Crippen LogP contribution >= 0.6 is 0 Å². The molecular weight excluding hydrogens is 524 g/mol. The van der Waals surface area contributed by atoms with Crippen molar-refractivity contribution >= 4 is 23.6 Å². The molecule has 2 heterocycles. The number of benzene rings is 1. The van der Waals surface area contributed by atoms with E-state index < -0.39 is 0 Å². The van der Waals surface area contributed by atoms with E-state index in [1.807, 2.05) is 24.3 Å². The number of rotatable bonds is 10. The molecule has 42 heavy (non-hydrogen) atoms. The van der Waals surface area contributed by atoms with Gasteiger partial charge >= 0.3 is 0 Å². The largest absolute Gasteiger partial charge is 0.270 e. The average molecular weight is 565 g/mol. The summed E-state index contributed by atoms with van der Waals surface area (Å²) in [6.45, 7) is 8.73. The molecule has 1 aromatic rings. The molecule has 0 unspecified atom stereocenters. The molecule has 0 saturated carbocycles. The van der Waals surface area contributed by atoms with Crippen molar-refractivity contribution in [2.24, 2.45) is 0 Å². The zero-order chi connectivity index (χ0) is 30.0. The first-order valence-electron chi connectivity index (χ1n) is 15.0. The molecule has 0 bridgehead atoms. The van der Waals surface area contributed by atoms with Gasteiger partial charge in [0.2, 0.25) is 0 Å². The molecule has 0 N–H and O–H groups in total. The van der Waals surface area contributed by atoms with Gasteiger partial charge in [0.05, 0.1) is 13.1 Å². The normalized spacial score (nSPS) is 18.4. The molecule has 6 heteroatoms. The Morgan fingerprint density at radius 1 is 0.595 bits per heavy atom. The lowest BCUT2D eigenvalue weighted by Crippen LogP contribution is -2.31. The van der Waals surface area contributed by atoms with E-state index in [1.54, 1.807) is 0 Å². The zero-order valence-electron chi connectivity index (χ0n) is 25.2. The standard InChI is InChI=1S/C36H40N2O4/c1-23(2)7-5-9-25-15-17-29-31(19-25)35(41)37(33(29)39)21-27-11-13-28(14-12-27)22-38-34(40)30-18-16-26(10-6-8-24(3)4)20-32(30)36(38)42/h7-8,11-16H,5-6,9-10,17-22H2,1-4H3. The van der Waals surface area contributed by atoms with Crippen LogP contribution in [0.3, 0.4) is 0 Å². The fraction of sp³-hybridized carbons (Fsp3) is 0.389. The van der Waals surface area contributed by atoms with E-state index in [0.29, 0.717) is 48.0 Å². The van der Waals surface area contributed by atoms with Gasteiger partial charge in [-0.05, 0) is 90.2 Å². The number of imide groups is 2. The Kier molecular flexibility index (Phi) is 8.72. The first-order valence-corrected chi connectivity index (χ1v) is 15.0. The molecule has 2 aliphatic carbocycles. The van der Waals surface area contributed by atoms with E-state index >= 15 is 0 Å². The first kappa shape index (κ1) is 29.4. The summed E-state index contributed by atoms with van der Waals surface area (Å²) in [5, 5.41) is 0. The van der Waals surface area contributed by atoms with Gasteiger partial charge in [-0.3, -0.25) is 29.0 Å². The summed E-state index contributed by atoms with van der Waals surface area (Å²) in [4.78, 5) is 55.3. The zero-order valence-corrected chi connectivity index (χ0v) is 25.2. The van der Waals surface area contributed by atoms with Crippen LogP contribution in [0.5, 0.6) is 0 Å². The minimum absolute atomic E-state index is 0.189. The highest BCUT2D eigenvalue weighted by Crippen LogP contribution is 2.36. The van der Waals surface area contributed by atoms with E-state index in [2.05, 4.69) is 52.0 Å². The van der Waals surface area contributed by atoms with Gasteiger partial charge in [0.15, 0.2) is 0 Å². The van der Waals surface area contributed by atoms with E-state index in [0.717, 1.165) is 36.8 Å². The minimum atomic E-state index is -0.197. The second kappa shape index (κ2) is 12.4. The molecule has 0 atom stereocenters. The smallest absolute Gasteiger partial charge is 0.257 e. The molecule has 0 spiro atoms. The van der Waals surface area contributed by atoms with Crippen molar-refractivity contribution in [1.29, 1.82) is 0 Å². The quantitative estimate of drug-likeness (QED) is 0.228. The van der Waals surface area contributed by atoms with Crippen LogP contribution in [-0.2, 0) is 32.3 Å². The molecule has 0 radical (unpaired) electrons. The number of allylic oxidation sites excluding steroid dienone is 8. The summed E-state index contributed by atoms with van der Waals surface area (Å²) >= 11 is 0. The van der Waals surface area contributed by atoms with Gasteiger partial charge in [-0.25, -0.2) is 0 Å².